The molecule has 0 fully saturated rings. The number of carbonyl (C=O) groups excluding carboxylic acids is 2. The van der Waals surface area contributed by atoms with Gasteiger partial charge >= 0.3 is 18.0 Å². The maximum absolute atomic E-state index is 13.1. The summed E-state index contributed by atoms with van der Waals surface area (Å²) in [6.45, 7) is 6.40. The van der Waals surface area contributed by atoms with E-state index in [9.17, 15) is 27.9 Å². The first-order chi connectivity index (χ1) is 19.9. The highest BCUT2D eigenvalue weighted by Crippen LogP contribution is 2.24. The van der Waals surface area contributed by atoms with Crippen LogP contribution in [0.5, 0.6) is 0 Å². The number of urea groups is 2. The number of carboxylic acid groups (broad SMARTS) is 1. The lowest BCUT2D eigenvalue weighted by atomic mass is 10.0. The summed E-state index contributed by atoms with van der Waals surface area (Å²) in [5.41, 5.74) is 2.24. The molecule has 0 bridgehead atoms. The van der Waals surface area contributed by atoms with E-state index in [1.165, 1.54) is 30.3 Å². The first-order valence-corrected chi connectivity index (χ1v) is 14.9. The molecule has 0 heterocycles. The Labute approximate surface area is 245 Å². The third-order valence-electron chi connectivity index (χ3n) is 5.76. The number of benzene rings is 3. The van der Waals surface area contributed by atoms with Gasteiger partial charge in [-0.1, -0.05) is 25.1 Å². The van der Waals surface area contributed by atoms with Crippen molar-refractivity contribution in [2.75, 3.05) is 27.2 Å². The van der Waals surface area contributed by atoms with Crippen LogP contribution in [-0.2, 0) is 14.8 Å². The Bertz CT molecular complexity index is 1490. The van der Waals surface area contributed by atoms with Gasteiger partial charge in [-0.2, -0.15) is 0 Å². The van der Waals surface area contributed by atoms with Gasteiger partial charge < -0.3 is 31.7 Å². The van der Waals surface area contributed by atoms with Crippen molar-refractivity contribution in [1.82, 2.24) is 10.6 Å². The average Bonchev–Trinajstić information content (AvgIpc) is 2.92. The van der Waals surface area contributed by atoms with Crippen molar-refractivity contribution in [3.63, 3.8) is 0 Å². The zero-order chi connectivity index (χ0) is 30.7. The summed E-state index contributed by atoms with van der Waals surface area (Å²) < 4.78 is 28.7. The van der Waals surface area contributed by atoms with Crippen LogP contribution in [0.2, 0.25) is 0 Å². The van der Waals surface area contributed by atoms with Crippen LogP contribution in [0.1, 0.15) is 45.2 Å². The van der Waals surface area contributed by atoms with Crippen molar-refractivity contribution in [1.29, 1.82) is 0 Å². The number of carbonyl (C=O) groups is 3. The van der Waals surface area contributed by atoms with Gasteiger partial charge in [0, 0.05) is 35.3 Å². The van der Waals surface area contributed by atoms with E-state index in [2.05, 4.69) is 31.3 Å². The zero-order valence-corrected chi connectivity index (χ0v) is 24.4. The van der Waals surface area contributed by atoms with E-state index < -0.39 is 40.5 Å². The highest BCUT2D eigenvalue weighted by Gasteiger charge is 2.21. The van der Waals surface area contributed by atoms with Crippen LogP contribution in [0.3, 0.4) is 0 Å². The third-order valence-corrected chi connectivity index (χ3v) is 7.14. The molecule has 0 saturated carbocycles. The second-order valence-electron chi connectivity index (χ2n) is 9.76. The molecule has 0 unspecified atom stereocenters. The van der Waals surface area contributed by atoms with Gasteiger partial charge in [0.05, 0.1) is 17.4 Å². The minimum atomic E-state index is -4.07. The Morgan fingerprint density at radius 3 is 2.12 bits per heavy atom. The maximum atomic E-state index is 13.1. The Balaban J connectivity index is 1.73. The van der Waals surface area contributed by atoms with Gasteiger partial charge in [-0.05, 0) is 80.4 Å². The molecule has 3 aromatic carbocycles. The minimum Gasteiger partial charge on any atom is -0.481 e. The fourth-order valence-corrected chi connectivity index (χ4v) is 5.02. The molecule has 4 amide bonds. The van der Waals surface area contributed by atoms with Gasteiger partial charge in [-0.3, -0.25) is 9.52 Å². The van der Waals surface area contributed by atoms with Crippen molar-refractivity contribution in [2.45, 2.75) is 50.6 Å². The topological polar surface area (TPSA) is 178 Å². The van der Waals surface area contributed by atoms with Gasteiger partial charge in [0.15, 0.2) is 0 Å². The zero-order valence-electron chi connectivity index (χ0n) is 23.6. The molecule has 1 atom stereocenters. The second kappa shape index (κ2) is 14.7. The van der Waals surface area contributed by atoms with Crippen molar-refractivity contribution < 1.29 is 27.9 Å². The molecule has 42 heavy (non-hydrogen) atoms. The van der Waals surface area contributed by atoms with E-state index in [1.54, 1.807) is 30.3 Å². The molecular weight excluding hydrogens is 560 g/mol. The number of amides is 4. The van der Waals surface area contributed by atoms with Gasteiger partial charge in [0.2, 0.25) is 0 Å². The van der Waals surface area contributed by atoms with E-state index in [0.717, 1.165) is 12.1 Å². The Hall–Kier alpha value is -4.78. The number of aliphatic carboxylic acids is 1. The number of hydrogen-bond donors (Lipinski definition) is 7. The molecule has 7 N–H and O–H groups in total. The molecule has 0 aliphatic rings. The van der Waals surface area contributed by atoms with E-state index in [0.29, 0.717) is 23.5 Å². The summed E-state index contributed by atoms with van der Waals surface area (Å²) in [4.78, 5) is 36.2. The standard InChI is InChI=1S/C29H36N6O6S/c1-4-15-30-28(38)33-23-8-6-10-25(17-23)42(40,41)35-24-9-5-7-20(16-24)26(18-27(36)37)34-29(39)32-22-13-11-21(12-14-22)31-19(2)3/h5-14,16-17,19,26,31,35H,4,15,18H2,1-3H3,(H,36,37)(H2,30,33,38)(H2,32,34,39)/t26-/m1/s1. The second-order valence-corrected chi connectivity index (χ2v) is 11.4. The summed E-state index contributed by atoms with van der Waals surface area (Å²) in [5, 5.41) is 23.3. The third kappa shape index (κ3) is 10.0. The maximum Gasteiger partial charge on any atom is 0.319 e. The molecule has 224 valence electrons. The largest absolute Gasteiger partial charge is 0.481 e. The molecule has 0 spiro atoms. The lowest BCUT2D eigenvalue weighted by Gasteiger charge is -2.19. The van der Waals surface area contributed by atoms with Gasteiger partial charge in [-0.25, -0.2) is 18.0 Å². The highest BCUT2D eigenvalue weighted by molar-refractivity contribution is 7.92. The summed E-state index contributed by atoms with van der Waals surface area (Å²) in [5.74, 6) is -1.15. The van der Waals surface area contributed by atoms with Crippen molar-refractivity contribution >= 4 is 50.8 Å². The number of hydrogen-bond acceptors (Lipinski definition) is 6. The van der Waals surface area contributed by atoms with Gasteiger partial charge in [0.1, 0.15) is 0 Å². The molecule has 0 aromatic heterocycles. The lowest BCUT2D eigenvalue weighted by molar-refractivity contribution is -0.137. The normalized spacial score (nSPS) is 11.7. The van der Waals surface area contributed by atoms with Crippen LogP contribution in [0.4, 0.5) is 32.3 Å². The molecule has 0 aliphatic carbocycles. The van der Waals surface area contributed by atoms with Gasteiger partial charge in [-0.15, -0.1) is 0 Å². The Morgan fingerprint density at radius 1 is 0.810 bits per heavy atom. The number of nitrogens with one attached hydrogen (secondary N) is 6. The molecule has 3 aromatic rings. The lowest BCUT2D eigenvalue weighted by Crippen LogP contribution is -2.33. The summed E-state index contributed by atoms with van der Waals surface area (Å²) in [6, 6.07) is 17.2. The van der Waals surface area contributed by atoms with Crippen molar-refractivity contribution in [2.24, 2.45) is 0 Å². The number of sulfonamides is 1. The summed E-state index contributed by atoms with van der Waals surface area (Å²) in [7, 11) is -4.07. The molecule has 0 radical (unpaired) electrons. The first kappa shape index (κ1) is 31.7. The van der Waals surface area contributed by atoms with E-state index in [4.69, 9.17) is 0 Å². The smallest absolute Gasteiger partial charge is 0.319 e. The van der Waals surface area contributed by atoms with Gasteiger partial charge in [0.25, 0.3) is 10.0 Å². The highest BCUT2D eigenvalue weighted by atomic mass is 32.2. The predicted octanol–water partition coefficient (Wildman–Crippen LogP) is 5.18. The molecule has 0 aliphatic heterocycles. The summed E-state index contributed by atoms with van der Waals surface area (Å²) >= 11 is 0. The number of anilines is 4. The molecule has 3 rings (SSSR count). The molecule has 0 saturated heterocycles. The quantitative estimate of drug-likeness (QED) is 0.142. The Morgan fingerprint density at radius 2 is 1.45 bits per heavy atom. The van der Waals surface area contributed by atoms with Crippen molar-refractivity contribution in [3.8, 4) is 0 Å². The molecular formula is C29H36N6O6S. The first-order valence-electron chi connectivity index (χ1n) is 13.4. The van der Waals surface area contributed by atoms with E-state index in [-0.39, 0.29) is 16.6 Å². The van der Waals surface area contributed by atoms with Crippen LogP contribution >= 0.6 is 0 Å². The van der Waals surface area contributed by atoms with Crippen LogP contribution in [0, 0.1) is 0 Å². The van der Waals surface area contributed by atoms with Crippen LogP contribution in [0.25, 0.3) is 0 Å². The van der Waals surface area contributed by atoms with Crippen LogP contribution in [-0.4, -0.2) is 44.1 Å². The monoisotopic (exact) mass is 596 g/mol. The summed E-state index contributed by atoms with van der Waals surface area (Å²) in [6.07, 6.45) is 0.317. The molecule has 12 nitrogen and oxygen atoms in total. The number of rotatable bonds is 13. The van der Waals surface area contributed by atoms with E-state index >= 15 is 0 Å². The van der Waals surface area contributed by atoms with Crippen LogP contribution in [0.15, 0.2) is 77.7 Å². The molecule has 13 heteroatoms. The Kier molecular flexibility index (Phi) is 11.1. The minimum absolute atomic E-state index is 0.0876. The number of carboxylic acids is 1. The SMILES string of the molecule is CCCNC(=O)Nc1cccc(S(=O)(=O)Nc2cccc([C@@H](CC(=O)O)NC(=O)Nc3ccc(NC(C)C)cc3)c2)c1. The fraction of sp³-hybridized carbons (Fsp3) is 0.276. The average molecular weight is 597 g/mol. The van der Waals surface area contributed by atoms with Crippen molar-refractivity contribution in [3.05, 3.63) is 78.4 Å². The predicted molar refractivity (Wildman–Crippen MR) is 163 cm³/mol. The fourth-order valence-electron chi connectivity index (χ4n) is 3.92. The van der Waals surface area contributed by atoms with Crippen LogP contribution < -0.4 is 31.3 Å². The van der Waals surface area contributed by atoms with E-state index in [1.807, 2.05) is 32.9 Å².